The minimum Gasteiger partial charge on any atom is -0.369 e. The van der Waals surface area contributed by atoms with Crippen molar-refractivity contribution >= 4 is 18.5 Å². The Morgan fingerprint density at radius 1 is 1.89 bits per heavy atom. The summed E-state index contributed by atoms with van der Waals surface area (Å²) < 4.78 is 0. The van der Waals surface area contributed by atoms with Crippen molar-refractivity contribution < 1.29 is 4.79 Å². The molecule has 0 spiro atoms. The van der Waals surface area contributed by atoms with Gasteiger partial charge >= 0.3 is 0 Å². The summed E-state index contributed by atoms with van der Waals surface area (Å²) in [5.74, 6) is 0.419. The van der Waals surface area contributed by atoms with Crippen molar-refractivity contribution in [3.63, 3.8) is 0 Å². The third-order valence-electron chi connectivity index (χ3n) is 1.14. The van der Waals surface area contributed by atoms with Gasteiger partial charge in [0.1, 0.15) is 0 Å². The molecule has 0 aliphatic heterocycles. The molecular weight excluding hydrogens is 134 g/mol. The highest BCUT2D eigenvalue weighted by molar-refractivity contribution is 7.80. The van der Waals surface area contributed by atoms with Crippen molar-refractivity contribution in [1.82, 2.24) is 0 Å². The standard InChI is InChI=1S/C6H12NOS/c1-5(6(7)8)3-2-4-9/h2,5,9H,3-4H2,1H3,(H2,7,8)/t5-/m1/s1. The second-order valence-electron chi connectivity index (χ2n) is 2.01. The number of carbonyl (C=O) groups excluding carboxylic acids is 1. The van der Waals surface area contributed by atoms with E-state index in [0.29, 0.717) is 5.75 Å². The van der Waals surface area contributed by atoms with Crippen LogP contribution in [-0.2, 0) is 4.79 Å². The number of hydrogen-bond acceptors (Lipinski definition) is 2. The maximum atomic E-state index is 10.4. The molecule has 2 N–H and O–H groups in total. The van der Waals surface area contributed by atoms with Gasteiger partial charge in [0.2, 0.25) is 5.91 Å². The summed E-state index contributed by atoms with van der Waals surface area (Å²) in [6.07, 6.45) is 2.66. The van der Waals surface area contributed by atoms with E-state index in [2.05, 4.69) is 12.6 Å². The van der Waals surface area contributed by atoms with Crippen molar-refractivity contribution in [3.05, 3.63) is 6.42 Å². The lowest BCUT2D eigenvalue weighted by Crippen LogP contribution is -2.20. The Balaban J connectivity index is 3.27. The summed E-state index contributed by atoms with van der Waals surface area (Å²) in [6.45, 7) is 1.81. The lowest BCUT2D eigenvalue weighted by Gasteiger charge is -2.02. The predicted molar refractivity (Wildman–Crippen MR) is 41.1 cm³/mol. The van der Waals surface area contributed by atoms with Crippen LogP contribution in [0.15, 0.2) is 0 Å². The number of carbonyl (C=O) groups is 1. The van der Waals surface area contributed by atoms with Crippen molar-refractivity contribution in [2.24, 2.45) is 11.7 Å². The van der Waals surface area contributed by atoms with Gasteiger partial charge < -0.3 is 5.73 Å². The third-order valence-corrected chi connectivity index (χ3v) is 1.39. The van der Waals surface area contributed by atoms with Gasteiger partial charge in [0, 0.05) is 5.92 Å². The first-order valence-electron chi connectivity index (χ1n) is 2.90. The lowest BCUT2D eigenvalue weighted by molar-refractivity contribution is -0.121. The van der Waals surface area contributed by atoms with Crippen LogP contribution >= 0.6 is 12.6 Å². The zero-order valence-corrected chi connectivity index (χ0v) is 6.40. The highest BCUT2D eigenvalue weighted by Crippen LogP contribution is 2.03. The molecule has 0 fully saturated rings. The van der Waals surface area contributed by atoms with E-state index in [-0.39, 0.29) is 11.8 Å². The fourth-order valence-corrected chi connectivity index (χ4v) is 0.590. The fraction of sp³-hybridized carbons (Fsp3) is 0.667. The second kappa shape index (κ2) is 4.68. The summed E-state index contributed by atoms with van der Waals surface area (Å²) in [4.78, 5) is 10.4. The van der Waals surface area contributed by atoms with Crippen LogP contribution in [0.4, 0.5) is 0 Å². The average molecular weight is 146 g/mol. The molecule has 0 aromatic carbocycles. The first-order valence-corrected chi connectivity index (χ1v) is 3.53. The molecule has 0 heterocycles. The molecule has 53 valence electrons. The van der Waals surface area contributed by atoms with Gasteiger partial charge in [-0.05, 0) is 18.6 Å². The fourth-order valence-electron chi connectivity index (χ4n) is 0.441. The molecule has 0 aromatic rings. The summed E-state index contributed by atoms with van der Waals surface area (Å²) in [6, 6.07) is 0. The average Bonchev–Trinajstić information content (AvgIpc) is 1.82. The van der Waals surface area contributed by atoms with Crippen molar-refractivity contribution in [2.75, 3.05) is 5.75 Å². The molecule has 0 unspecified atom stereocenters. The Kier molecular flexibility index (Phi) is 4.58. The largest absolute Gasteiger partial charge is 0.369 e. The number of hydrogen-bond donors (Lipinski definition) is 2. The maximum absolute atomic E-state index is 10.4. The molecule has 1 radical (unpaired) electrons. The van der Waals surface area contributed by atoms with Gasteiger partial charge in [-0.1, -0.05) is 6.92 Å². The monoisotopic (exact) mass is 146 g/mol. The number of thiol groups is 1. The molecule has 0 aromatic heterocycles. The van der Waals surface area contributed by atoms with Crippen LogP contribution in [-0.4, -0.2) is 11.7 Å². The molecule has 3 heteroatoms. The smallest absolute Gasteiger partial charge is 0.220 e. The number of nitrogens with two attached hydrogens (primary N) is 1. The molecule has 0 saturated heterocycles. The van der Waals surface area contributed by atoms with Crippen LogP contribution in [0.25, 0.3) is 0 Å². The van der Waals surface area contributed by atoms with Gasteiger partial charge in [-0.25, -0.2) is 0 Å². The molecule has 0 saturated carbocycles. The first kappa shape index (κ1) is 8.82. The highest BCUT2D eigenvalue weighted by atomic mass is 32.1. The Bertz CT molecular complexity index is 95.1. The highest BCUT2D eigenvalue weighted by Gasteiger charge is 2.06. The number of rotatable bonds is 4. The van der Waals surface area contributed by atoms with Gasteiger partial charge in [-0.15, -0.1) is 0 Å². The minimum atomic E-state index is -0.243. The molecule has 0 rings (SSSR count). The summed E-state index contributed by atoms with van der Waals surface area (Å²) in [7, 11) is 0. The molecule has 1 atom stereocenters. The summed E-state index contributed by atoms with van der Waals surface area (Å²) >= 11 is 3.96. The van der Waals surface area contributed by atoms with Gasteiger partial charge in [-0.3, -0.25) is 4.79 Å². The van der Waals surface area contributed by atoms with Gasteiger partial charge in [0.25, 0.3) is 0 Å². The van der Waals surface area contributed by atoms with Crippen LogP contribution in [0.5, 0.6) is 0 Å². The Labute approximate surface area is 61.2 Å². The van der Waals surface area contributed by atoms with E-state index in [1.165, 1.54) is 0 Å². The zero-order valence-electron chi connectivity index (χ0n) is 5.50. The SMILES string of the molecule is C[C@H](C[CH]CS)C(N)=O. The lowest BCUT2D eigenvalue weighted by atomic mass is 10.1. The Morgan fingerprint density at radius 2 is 2.44 bits per heavy atom. The van der Waals surface area contributed by atoms with Crippen LogP contribution in [0.3, 0.4) is 0 Å². The van der Waals surface area contributed by atoms with Crippen molar-refractivity contribution in [1.29, 1.82) is 0 Å². The Hall–Kier alpha value is -0.180. The molecular formula is C6H12NOS. The van der Waals surface area contributed by atoms with Crippen LogP contribution in [0, 0.1) is 12.3 Å². The maximum Gasteiger partial charge on any atom is 0.220 e. The van der Waals surface area contributed by atoms with E-state index in [9.17, 15) is 4.79 Å². The molecule has 9 heavy (non-hydrogen) atoms. The van der Waals surface area contributed by atoms with E-state index in [1.54, 1.807) is 0 Å². The second-order valence-corrected chi connectivity index (χ2v) is 2.38. The Morgan fingerprint density at radius 3 is 2.78 bits per heavy atom. The van der Waals surface area contributed by atoms with Crippen LogP contribution in [0.1, 0.15) is 13.3 Å². The quantitative estimate of drug-likeness (QED) is 0.561. The zero-order chi connectivity index (χ0) is 7.28. The van der Waals surface area contributed by atoms with Gasteiger partial charge in [0.15, 0.2) is 0 Å². The first-order chi connectivity index (χ1) is 4.18. The predicted octanol–water partition coefficient (Wildman–Crippen LogP) is 0.632. The third kappa shape index (κ3) is 4.33. The molecule has 0 bridgehead atoms. The summed E-state index contributed by atoms with van der Waals surface area (Å²) in [5.41, 5.74) is 4.99. The van der Waals surface area contributed by atoms with E-state index in [4.69, 9.17) is 5.73 Å². The van der Waals surface area contributed by atoms with E-state index in [0.717, 1.165) is 6.42 Å². The molecule has 0 aliphatic rings. The van der Waals surface area contributed by atoms with Crippen LogP contribution in [0.2, 0.25) is 0 Å². The van der Waals surface area contributed by atoms with Crippen molar-refractivity contribution in [3.8, 4) is 0 Å². The topological polar surface area (TPSA) is 43.1 Å². The minimum absolute atomic E-state index is 0.0443. The molecule has 0 aliphatic carbocycles. The van der Waals surface area contributed by atoms with Crippen molar-refractivity contribution in [2.45, 2.75) is 13.3 Å². The van der Waals surface area contributed by atoms with Gasteiger partial charge in [-0.2, -0.15) is 12.6 Å². The molecule has 2 nitrogen and oxygen atoms in total. The van der Waals surface area contributed by atoms with Gasteiger partial charge in [0.05, 0.1) is 0 Å². The normalized spacial score (nSPS) is 13.1. The molecule has 1 amide bonds. The number of primary amides is 1. The summed E-state index contributed by atoms with van der Waals surface area (Å²) in [5, 5.41) is 0. The van der Waals surface area contributed by atoms with Crippen LogP contribution < -0.4 is 5.73 Å². The van der Waals surface area contributed by atoms with E-state index < -0.39 is 0 Å². The van der Waals surface area contributed by atoms with E-state index in [1.807, 2.05) is 13.3 Å². The van der Waals surface area contributed by atoms with E-state index >= 15 is 0 Å². The number of amides is 1.